The van der Waals surface area contributed by atoms with Gasteiger partial charge in [0.2, 0.25) is 0 Å². The van der Waals surface area contributed by atoms with Crippen molar-refractivity contribution in [1.82, 2.24) is 0 Å². The van der Waals surface area contributed by atoms with Crippen molar-refractivity contribution in [2.45, 2.75) is 0 Å². The van der Waals surface area contributed by atoms with E-state index in [9.17, 15) is 0 Å². The molecule has 0 spiro atoms. The smallest absolute Gasteiger partial charge is 0.136 e. The quantitative estimate of drug-likeness (QED) is 0.153. The van der Waals surface area contributed by atoms with E-state index < -0.39 is 0 Å². The van der Waals surface area contributed by atoms with Gasteiger partial charge in [0.05, 0.1) is 0 Å². The van der Waals surface area contributed by atoms with Crippen molar-refractivity contribution in [1.29, 1.82) is 0 Å². The molecule has 296 valence electrons. The summed E-state index contributed by atoms with van der Waals surface area (Å²) < 4.78 is 12.7. The summed E-state index contributed by atoms with van der Waals surface area (Å²) in [5, 5.41) is 4.49. The van der Waals surface area contributed by atoms with Gasteiger partial charge in [0.1, 0.15) is 22.3 Å². The fraction of sp³-hybridized carbons (Fsp3) is 0. The van der Waals surface area contributed by atoms with Crippen LogP contribution >= 0.6 is 0 Å². The molecule has 0 amide bonds. The number of rotatable bonds is 8. The molecular formula is C60H39NO2. The predicted octanol–water partition coefficient (Wildman–Crippen LogP) is 17.3. The zero-order valence-electron chi connectivity index (χ0n) is 34.3. The van der Waals surface area contributed by atoms with Gasteiger partial charge in [0.25, 0.3) is 0 Å². The highest BCUT2D eigenvalue weighted by Crippen LogP contribution is 2.42. The summed E-state index contributed by atoms with van der Waals surface area (Å²) in [5.74, 6) is 0. The SMILES string of the molecule is c1ccc(-c2ccc(N(c3ccccc3)c3cccc(-c4ccc(-c5ccc(-c6ccc7c(c6)oc6ccccc67)cc5-c5ccc6c(c5)oc5ccccc56)cc4)c3)cc2)cc1. The maximum Gasteiger partial charge on any atom is 0.136 e. The van der Waals surface area contributed by atoms with Gasteiger partial charge in [-0.3, -0.25) is 0 Å². The molecule has 12 aromatic rings. The Morgan fingerprint density at radius 3 is 1.35 bits per heavy atom. The van der Waals surface area contributed by atoms with Crippen LogP contribution in [0.5, 0.6) is 0 Å². The average molecular weight is 806 g/mol. The first-order valence-electron chi connectivity index (χ1n) is 21.4. The Bertz CT molecular complexity index is 3600. The zero-order chi connectivity index (χ0) is 41.7. The van der Waals surface area contributed by atoms with E-state index in [4.69, 9.17) is 8.83 Å². The molecule has 0 radical (unpaired) electrons. The molecule has 2 aromatic heterocycles. The van der Waals surface area contributed by atoms with Crippen LogP contribution in [-0.2, 0) is 0 Å². The second kappa shape index (κ2) is 15.3. The Hall–Kier alpha value is -8.40. The fourth-order valence-electron chi connectivity index (χ4n) is 9.14. The molecule has 2 heterocycles. The molecular weight excluding hydrogens is 767 g/mol. The largest absolute Gasteiger partial charge is 0.456 e. The van der Waals surface area contributed by atoms with E-state index in [1.807, 2.05) is 24.3 Å². The van der Waals surface area contributed by atoms with E-state index in [2.05, 4.69) is 217 Å². The van der Waals surface area contributed by atoms with Crippen LogP contribution in [-0.4, -0.2) is 0 Å². The molecule has 0 aliphatic carbocycles. The van der Waals surface area contributed by atoms with Crippen molar-refractivity contribution in [3.63, 3.8) is 0 Å². The van der Waals surface area contributed by atoms with E-state index in [1.165, 1.54) is 11.1 Å². The van der Waals surface area contributed by atoms with Gasteiger partial charge in [-0.1, -0.05) is 158 Å². The second-order valence-electron chi connectivity index (χ2n) is 16.1. The number of benzene rings is 10. The van der Waals surface area contributed by atoms with Gasteiger partial charge < -0.3 is 13.7 Å². The maximum atomic E-state index is 6.41. The Morgan fingerprint density at radius 1 is 0.222 bits per heavy atom. The molecule has 0 saturated heterocycles. The van der Waals surface area contributed by atoms with Crippen molar-refractivity contribution in [2.24, 2.45) is 0 Å². The van der Waals surface area contributed by atoms with E-state index in [0.29, 0.717) is 0 Å². The second-order valence-corrected chi connectivity index (χ2v) is 16.1. The molecule has 12 rings (SSSR count). The van der Waals surface area contributed by atoms with Gasteiger partial charge in [-0.25, -0.2) is 0 Å². The topological polar surface area (TPSA) is 29.5 Å². The van der Waals surface area contributed by atoms with Gasteiger partial charge in [0, 0.05) is 38.6 Å². The minimum Gasteiger partial charge on any atom is -0.456 e. The molecule has 0 bridgehead atoms. The van der Waals surface area contributed by atoms with Gasteiger partial charge in [-0.15, -0.1) is 0 Å². The third-order valence-electron chi connectivity index (χ3n) is 12.3. The summed E-state index contributed by atoms with van der Waals surface area (Å²) in [5.41, 5.74) is 18.3. The number of fused-ring (bicyclic) bond motifs is 6. The predicted molar refractivity (Wildman–Crippen MR) is 263 cm³/mol. The van der Waals surface area contributed by atoms with Crippen LogP contribution in [0.25, 0.3) is 99.5 Å². The molecule has 0 unspecified atom stereocenters. The number of hydrogen-bond acceptors (Lipinski definition) is 3. The van der Waals surface area contributed by atoms with Gasteiger partial charge in [0.15, 0.2) is 0 Å². The standard InChI is InChI=1S/C60H39NO2/c1-3-12-40(13-4-1)41-26-31-49(32-27-41)61(48-15-5-2-6-16-48)50-17-11-14-44(36-50)42-22-24-43(25-23-42)51-33-28-45(46-29-34-54-52-18-7-9-20-57(52)62-59(54)38-46)37-56(51)47-30-35-55-53-19-8-10-21-58(53)63-60(55)39-47/h1-39H. The lowest BCUT2D eigenvalue weighted by atomic mass is 9.90. The molecule has 0 aliphatic heterocycles. The van der Waals surface area contributed by atoms with Crippen LogP contribution in [0.15, 0.2) is 245 Å². The van der Waals surface area contributed by atoms with E-state index >= 15 is 0 Å². The maximum absolute atomic E-state index is 6.41. The molecule has 3 heteroatoms. The molecule has 0 aliphatic rings. The summed E-state index contributed by atoms with van der Waals surface area (Å²) in [7, 11) is 0. The van der Waals surface area contributed by atoms with Crippen molar-refractivity contribution in [3.05, 3.63) is 237 Å². The summed E-state index contributed by atoms with van der Waals surface area (Å²) in [6, 6.07) is 84.2. The molecule has 0 N–H and O–H groups in total. The highest BCUT2D eigenvalue weighted by atomic mass is 16.3. The van der Waals surface area contributed by atoms with Crippen LogP contribution < -0.4 is 4.90 Å². The third kappa shape index (κ3) is 6.64. The first kappa shape index (κ1) is 36.5. The average Bonchev–Trinajstić information content (AvgIpc) is 3.93. The first-order valence-corrected chi connectivity index (χ1v) is 21.4. The molecule has 63 heavy (non-hydrogen) atoms. The van der Waals surface area contributed by atoms with Crippen molar-refractivity contribution >= 4 is 60.9 Å². The monoisotopic (exact) mass is 805 g/mol. The zero-order valence-corrected chi connectivity index (χ0v) is 34.3. The Kier molecular flexibility index (Phi) is 8.83. The van der Waals surface area contributed by atoms with Crippen molar-refractivity contribution in [2.75, 3.05) is 4.90 Å². The minimum atomic E-state index is 0.876. The van der Waals surface area contributed by atoms with Crippen LogP contribution in [0.2, 0.25) is 0 Å². The van der Waals surface area contributed by atoms with Crippen LogP contribution in [0, 0.1) is 0 Å². The van der Waals surface area contributed by atoms with E-state index in [-0.39, 0.29) is 0 Å². The number of anilines is 3. The van der Waals surface area contributed by atoms with Crippen molar-refractivity contribution < 1.29 is 8.83 Å². The Balaban J connectivity index is 0.923. The van der Waals surface area contributed by atoms with E-state index in [1.54, 1.807) is 0 Å². The molecule has 0 saturated carbocycles. The normalized spacial score (nSPS) is 11.5. The lowest BCUT2D eigenvalue weighted by Crippen LogP contribution is -2.09. The molecule has 0 fully saturated rings. The number of para-hydroxylation sites is 3. The summed E-state index contributed by atoms with van der Waals surface area (Å²) in [6.07, 6.45) is 0. The van der Waals surface area contributed by atoms with Crippen molar-refractivity contribution in [3.8, 4) is 55.6 Å². The number of nitrogens with zero attached hydrogens (tertiary/aromatic N) is 1. The number of furan rings is 2. The van der Waals surface area contributed by atoms with Gasteiger partial charge in [-0.2, -0.15) is 0 Å². The molecule has 0 atom stereocenters. The summed E-state index contributed by atoms with van der Waals surface area (Å²) in [6.45, 7) is 0. The summed E-state index contributed by atoms with van der Waals surface area (Å²) in [4.78, 5) is 2.32. The Morgan fingerprint density at radius 2 is 0.651 bits per heavy atom. The highest BCUT2D eigenvalue weighted by molar-refractivity contribution is 6.07. The van der Waals surface area contributed by atoms with Crippen LogP contribution in [0.1, 0.15) is 0 Å². The molecule has 10 aromatic carbocycles. The van der Waals surface area contributed by atoms with Crippen LogP contribution in [0.3, 0.4) is 0 Å². The van der Waals surface area contributed by atoms with Gasteiger partial charge >= 0.3 is 0 Å². The Labute approximate surface area is 365 Å². The summed E-state index contributed by atoms with van der Waals surface area (Å²) >= 11 is 0. The van der Waals surface area contributed by atoms with Crippen LogP contribution in [0.4, 0.5) is 17.1 Å². The fourth-order valence-corrected chi connectivity index (χ4v) is 9.14. The van der Waals surface area contributed by atoms with E-state index in [0.717, 1.165) is 105 Å². The first-order chi connectivity index (χ1) is 31.2. The lowest BCUT2D eigenvalue weighted by Gasteiger charge is -2.26. The third-order valence-corrected chi connectivity index (χ3v) is 12.3. The lowest BCUT2D eigenvalue weighted by molar-refractivity contribution is 0.668. The highest BCUT2D eigenvalue weighted by Gasteiger charge is 2.17. The molecule has 3 nitrogen and oxygen atoms in total. The number of hydrogen-bond donors (Lipinski definition) is 0. The van der Waals surface area contributed by atoms with Gasteiger partial charge in [-0.05, 0) is 134 Å². The minimum absolute atomic E-state index is 0.876.